The van der Waals surface area contributed by atoms with Gasteiger partial charge in [0.15, 0.2) is 0 Å². The summed E-state index contributed by atoms with van der Waals surface area (Å²) in [7, 11) is 9.90. The van der Waals surface area contributed by atoms with Crippen LogP contribution in [0.3, 0.4) is 0 Å². The van der Waals surface area contributed by atoms with Gasteiger partial charge in [0.1, 0.15) is 0 Å². The van der Waals surface area contributed by atoms with E-state index in [1.165, 1.54) is 0 Å². The van der Waals surface area contributed by atoms with Gasteiger partial charge in [-0.15, -0.1) is 0 Å². The fourth-order valence-corrected chi connectivity index (χ4v) is 1.23. The molecule has 0 fully saturated rings. The van der Waals surface area contributed by atoms with E-state index in [0.29, 0.717) is 22.8 Å². The number of aromatic nitrogens is 1. The molecule has 4 amide bonds. The third-order valence-corrected chi connectivity index (χ3v) is 2.16. The van der Waals surface area contributed by atoms with Crippen LogP contribution >= 0.6 is 19.4 Å². The van der Waals surface area contributed by atoms with Crippen molar-refractivity contribution in [3.8, 4) is 0 Å². The molecule has 0 saturated carbocycles. The van der Waals surface area contributed by atoms with Crippen molar-refractivity contribution < 1.29 is 24.7 Å². The van der Waals surface area contributed by atoms with Gasteiger partial charge >= 0.3 is 46.6 Å². The first kappa shape index (κ1) is 21.2. The molecule has 0 aliphatic heterocycles. The molecule has 0 aliphatic carbocycles. The normalized spacial score (nSPS) is 10.8. The topological polar surface area (TPSA) is 148 Å². The molecular formula is C11H15Cl2N7O2Zn. The molecule has 0 saturated heterocycles. The molecule has 0 atom stereocenters. The molecule has 1 aromatic heterocycles. The molecule has 6 N–H and O–H groups in total. The number of primary amides is 2. The molecule has 0 aliphatic rings. The van der Waals surface area contributed by atoms with Gasteiger partial charge < -0.3 is 11.5 Å². The fourth-order valence-electron chi connectivity index (χ4n) is 1.23. The van der Waals surface area contributed by atoms with Gasteiger partial charge in [0.25, 0.3) is 0 Å². The van der Waals surface area contributed by atoms with E-state index in [2.05, 4.69) is 26.0 Å². The predicted molar refractivity (Wildman–Crippen MR) is 85.8 cm³/mol. The Morgan fingerprint density at radius 3 is 1.70 bits per heavy atom. The number of pyridine rings is 1. The van der Waals surface area contributed by atoms with Gasteiger partial charge in [-0.25, -0.2) is 25.4 Å². The molecular weight excluding hydrogens is 398 g/mol. The van der Waals surface area contributed by atoms with E-state index in [4.69, 9.17) is 30.8 Å². The molecule has 0 aromatic carbocycles. The van der Waals surface area contributed by atoms with E-state index in [1.807, 2.05) is 0 Å². The Kier molecular flexibility index (Phi) is 10.9. The zero-order valence-corrected chi connectivity index (χ0v) is 17.0. The number of halogens is 2. The van der Waals surface area contributed by atoms with Crippen molar-refractivity contribution in [1.29, 1.82) is 0 Å². The maximum atomic E-state index is 10.6. The number of amides is 4. The first-order valence-corrected chi connectivity index (χ1v) is 13.9. The van der Waals surface area contributed by atoms with Gasteiger partial charge in [-0.2, -0.15) is 10.2 Å². The molecule has 1 aromatic rings. The van der Waals surface area contributed by atoms with Crippen molar-refractivity contribution in [1.82, 2.24) is 15.8 Å². The van der Waals surface area contributed by atoms with E-state index in [1.54, 1.807) is 32.0 Å². The van der Waals surface area contributed by atoms with Gasteiger partial charge in [-0.1, -0.05) is 6.07 Å². The molecule has 1 heterocycles. The van der Waals surface area contributed by atoms with E-state index in [0.717, 1.165) is 0 Å². The summed E-state index contributed by atoms with van der Waals surface area (Å²) in [4.78, 5) is 25.4. The van der Waals surface area contributed by atoms with Crippen molar-refractivity contribution in [2.24, 2.45) is 21.7 Å². The van der Waals surface area contributed by atoms with Crippen LogP contribution in [-0.4, -0.2) is 28.5 Å². The van der Waals surface area contributed by atoms with Gasteiger partial charge in [-0.3, -0.25) is 0 Å². The average molecular weight is 414 g/mol. The standard InChI is InChI=1S/C11H15N7O2.2ClH.Zn/c1-6(15-17-10(12)19)8-4-3-5-9(14-8)7(2)16-18-11(13)20;;;/h3-5H,1-2H3,(H3,12,17,19)(H3,13,18,20);2*1H;/q;;;+2/p-2/b15-6-,16-7+;;;. The van der Waals surface area contributed by atoms with Crippen molar-refractivity contribution in [2.75, 3.05) is 0 Å². The second-order valence-electron chi connectivity index (χ2n) is 3.86. The number of hydrogen-bond donors (Lipinski definition) is 4. The van der Waals surface area contributed by atoms with Crippen LogP contribution in [0, 0.1) is 0 Å². The summed E-state index contributed by atoms with van der Waals surface area (Å²) in [6.07, 6.45) is 0. The SMILES string of the molecule is C/C(=N/NC(N)=O)c1cccc(/C(C)=N/NC(N)=O)n1.[Cl][Zn][Cl]. The molecule has 0 unspecified atom stereocenters. The zero-order valence-electron chi connectivity index (χ0n) is 12.5. The molecule has 9 nitrogen and oxygen atoms in total. The van der Waals surface area contributed by atoms with Crippen molar-refractivity contribution >= 4 is 42.9 Å². The summed E-state index contributed by atoms with van der Waals surface area (Å²) >= 11 is -0.931. The number of nitrogens with one attached hydrogen (secondary N) is 2. The van der Waals surface area contributed by atoms with E-state index < -0.39 is 27.2 Å². The van der Waals surface area contributed by atoms with Crippen molar-refractivity contribution in [2.45, 2.75) is 13.8 Å². The number of nitrogens with two attached hydrogens (primary N) is 2. The minimum atomic E-state index is -0.931. The molecule has 0 bridgehead atoms. The average Bonchev–Trinajstić information content (AvgIpc) is 2.51. The van der Waals surface area contributed by atoms with Crippen LogP contribution < -0.4 is 22.3 Å². The molecule has 1 rings (SSSR count). The summed E-state index contributed by atoms with van der Waals surface area (Å²) in [5, 5.41) is 7.54. The van der Waals surface area contributed by atoms with Crippen LogP contribution in [0.15, 0.2) is 28.4 Å². The van der Waals surface area contributed by atoms with Gasteiger partial charge in [0.05, 0.1) is 22.8 Å². The third kappa shape index (κ3) is 9.77. The first-order valence-electron chi connectivity index (χ1n) is 6.11. The number of rotatable bonds is 4. The van der Waals surface area contributed by atoms with Crippen LogP contribution in [0.1, 0.15) is 25.2 Å². The number of nitrogens with zero attached hydrogens (tertiary/aromatic N) is 3. The van der Waals surface area contributed by atoms with Crippen molar-refractivity contribution in [3.05, 3.63) is 29.6 Å². The Morgan fingerprint density at radius 1 is 1.04 bits per heavy atom. The second-order valence-corrected chi connectivity index (χ2v) is 8.48. The quantitative estimate of drug-likeness (QED) is 0.334. The minimum absolute atomic E-state index is 0.473. The Morgan fingerprint density at radius 2 is 1.39 bits per heavy atom. The van der Waals surface area contributed by atoms with E-state index in [9.17, 15) is 9.59 Å². The van der Waals surface area contributed by atoms with Crippen LogP contribution in [-0.2, 0) is 15.1 Å². The number of hydrazone groups is 2. The maximum absolute atomic E-state index is 10.6. The van der Waals surface area contributed by atoms with Crippen LogP contribution in [0.25, 0.3) is 0 Å². The number of hydrogen-bond acceptors (Lipinski definition) is 5. The van der Waals surface area contributed by atoms with E-state index >= 15 is 0 Å². The molecule has 12 heteroatoms. The number of urea groups is 2. The Hall–Kier alpha value is -1.77. The Bertz CT molecular complexity index is 563. The van der Waals surface area contributed by atoms with Gasteiger partial charge in [-0.05, 0) is 26.0 Å². The Balaban J connectivity index is 0.00000149. The number of carbonyl (C=O) groups excluding carboxylic acids is 2. The summed E-state index contributed by atoms with van der Waals surface area (Å²) in [5.74, 6) is 0. The van der Waals surface area contributed by atoms with Crippen LogP contribution in [0.2, 0.25) is 0 Å². The monoisotopic (exact) mass is 411 g/mol. The summed E-state index contributed by atoms with van der Waals surface area (Å²) < 4.78 is 0. The van der Waals surface area contributed by atoms with Gasteiger partial charge in [0, 0.05) is 0 Å². The molecule has 122 valence electrons. The Labute approximate surface area is 148 Å². The predicted octanol–water partition coefficient (Wildman–Crippen LogP) is 1.24. The van der Waals surface area contributed by atoms with Crippen LogP contribution in [0.4, 0.5) is 9.59 Å². The second kappa shape index (κ2) is 11.8. The van der Waals surface area contributed by atoms with E-state index in [-0.39, 0.29) is 0 Å². The summed E-state index contributed by atoms with van der Waals surface area (Å²) in [6.45, 7) is 3.33. The van der Waals surface area contributed by atoms with Gasteiger partial charge in [0.2, 0.25) is 0 Å². The molecule has 23 heavy (non-hydrogen) atoms. The number of carbonyl (C=O) groups is 2. The van der Waals surface area contributed by atoms with Crippen molar-refractivity contribution in [3.63, 3.8) is 0 Å². The third-order valence-electron chi connectivity index (χ3n) is 2.16. The molecule has 0 spiro atoms. The van der Waals surface area contributed by atoms with Crippen LogP contribution in [0.5, 0.6) is 0 Å². The summed E-state index contributed by atoms with van der Waals surface area (Å²) in [5.41, 5.74) is 16.1. The molecule has 0 radical (unpaired) electrons. The fraction of sp³-hybridized carbons (Fsp3) is 0.182. The summed E-state index contributed by atoms with van der Waals surface area (Å²) in [6, 6.07) is 3.64. The zero-order chi connectivity index (χ0) is 17.8. The first-order chi connectivity index (χ1) is 10.8.